The highest BCUT2D eigenvalue weighted by atomic mass is 127. The SMILES string of the molecule is CN=C(NCCc1cc(Br)ccc1F)NCc1ncc(C(C)(C)C)o1.I. The zero-order valence-corrected chi connectivity index (χ0v) is 19.3. The third-order valence-corrected chi connectivity index (χ3v) is 4.11. The van der Waals surface area contributed by atoms with E-state index in [-0.39, 0.29) is 35.2 Å². The number of nitrogens with one attached hydrogen (secondary N) is 2. The summed E-state index contributed by atoms with van der Waals surface area (Å²) in [4.78, 5) is 8.42. The lowest BCUT2D eigenvalue weighted by Gasteiger charge is -2.13. The van der Waals surface area contributed by atoms with E-state index in [0.29, 0.717) is 36.9 Å². The summed E-state index contributed by atoms with van der Waals surface area (Å²) in [5.74, 6) is 1.86. The monoisotopic (exact) mass is 538 g/mol. The number of oxazole rings is 1. The summed E-state index contributed by atoms with van der Waals surface area (Å²) in [5.41, 5.74) is 0.582. The summed E-state index contributed by atoms with van der Waals surface area (Å²) in [6, 6.07) is 4.94. The standard InChI is InChI=1S/C18H24BrFN4O.HI/c1-18(2,3)15-10-23-16(25-15)11-24-17(21-4)22-8-7-12-9-13(19)5-6-14(12)20;/h5-6,9-10H,7-8,11H2,1-4H3,(H2,21,22,24);1H. The Morgan fingerprint density at radius 1 is 1.31 bits per heavy atom. The molecule has 0 unspecified atom stereocenters. The van der Waals surface area contributed by atoms with Crippen LogP contribution in [0.2, 0.25) is 0 Å². The Morgan fingerprint density at radius 3 is 2.65 bits per heavy atom. The van der Waals surface area contributed by atoms with Gasteiger partial charge in [-0.1, -0.05) is 36.7 Å². The van der Waals surface area contributed by atoms with E-state index in [0.717, 1.165) is 10.2 Å². The first kappa shape index (κ1) is 22.9. The van der Waals surface area contributed by atoms with Crippen molar-refractivity contribution >= 4 is 45.9 Å². The molecule has 0 aliphatic heterocycles. The number of halogens is 3. The maximum Gasteiger partial charge on any atom is 0.213 e. The van der Waals surface area contributed by atoms with Gasteiger partial charge in [-0.2, -0.15) is 0 Å². The number of guanidine groups is 1. The second-order valence-electron chi connectivity index (χ2n) is 6.71. The Morgan fingerprint density at radius 2 is 2.04 bits per heavy atom. The molecule has 2 rings (SSSR count). The summed E-state index contributed by atoms with van der Waals surface area (Å²) in [6.45, 7) is 7.22. The van der Waals surface area contributed by atoms with Crippen molar-refractivity contribution < 1.29 is 8.81 Å². The normalized spacial score (nSPS) is 11.8. The van der Waals surface area contributed by atoms with Crippen LogP contribution in [0.15, 0.2) is 38.3 Å². The topological polar surface area (TPSA) is 62.5 Å². The quantitative estimate of drug-likeness (QED) is 0.336. The lowest BCUT2D eigenvalue weighted by atomic mass is 9.94. The van der Waals surface area contributed by atoms with E-state index in [9.17, 15) is 4.39 Å². The Balaban J connectivity index is 0.00000338. The maximum atomic E-state index is 13.7. The van der Waals surface area contributed by atoms with Gasteiger partial charge in [-0.25, -0.2) is 9.37 Å². The fourth-order valence-corrected chi connectivity index (χ4v) is 2.58. The van der Waals surface area contributed by atoms with Gasteiger partial charge in [0.2, 0.25) is 5.89 Å². The molecule has 0 fully saturated rings. The van der Waals surface area contributed by atoms with Crippen molar-refractivity contribution in [1.82, 2.24) is 15.6 Å². The van der Waals surface area contributed by atoms with Crippen molar-refractivity contribution in [2.24, 2.45) is 4.99 Å². The minimum absolute atomic E-state index is 0. The van der Waals surface area contributed by atoms with Gasteiger partial charge in [0, 0.05) is 23.5 Å². The predicted octanol–water partition coefficient (Wildman–Crippen LogP) is 4.40. The summed E-state index contributed by atoms with van der Waals surface area (Å²) >= 11 is 3.36. The molecule has 0 saturated heterocycles. The average molecular weight is 539 g/mol. The Kier molecular flexibility index (Phi) is 9.02. The van der Waals surface area contributed by atoms with Gasteiger partial charge in [0.1, 0.15) is 11.6 Å². The highest BCUT2D eigenvalue weighted by molar-refractivity contribution is 14.0. The Bertz CT molecular complexity index is 743. The molecule has 0 aliphatic carbocycles. The van der Waals surface area contributed by atoms with Crippen LogP contribution in [-0.4, -0.2) is 24.5 Å². The van der Waals surface area contributed by atoms with Gasteiger partial charge in [-0.15, -0.1) is 24.0 Å². The molecular weight excluding hydrogens is 514 g/mol. The largest absolute Gasteiger partial charge is 0.443 e. The Hall–Kier alpha value is -1.16. The molecule has 2 N–H and O–H groups in total. The summed E-state index contributed by atoms with van der Waals surface area (Å²) in [7, 11) is 1.69. The zero-order valence-electron chi connectivity index (χ0n) is 15.4. The summed E-state index contributed by atoms with van der Waals surface area (Å²) < 4.78 is 20.3. The van der Waals surface area contributed by atoms with Crippen LogP contribution in [0.25, 0.3) is 0 Å². The van der Waals surface area contributed by atoms with Crippen LogP contribution in [0.5, 0.6) is 0 Å². The van der Waals surface area contributed by atoms with E-state index in [1.165, 1.54) is 6.07 Å². The molecule has 0 aliphatic rings. The molecule has 0 saturated carbocycles. The lowest BCUT2D eigenvalue weighted by Crippen LogP contribution is -2.38. The van der Waals surface area contributed by atoms with Gasteiger partial charge < -0.3 is 15.1 Å². The minimum Gasteiger partial charge on any atom is -0.443 e. The molecule has 0 radical (unpaired) electrons. The molecule has 1 aromatic heterocycles. The molecule has 1 heterocycles. The van der Waals surface area contributed by atoms with Gasteiger partial charge in [0.15, 0.2) is 5.96 Å². The minimum atomic E-state index is -0.206. The number of hydrogen-bond donors (Lipinski definition) is 2. The first-order valence-electron chi connectivity index (χ1n) is 8.13. The van der Waals surface area contributed by atoms with Gasteiger partial charge in [0.25, 0.3) is 0 Å². The molecule has 0 spiro atoms. The van der Waals surface area contributed by atoms with Crippen LogP contribution in [0.3, 0.4) is 0 Å². The first-order chi connectivity index (χ1) is 11.8. The predicted molar refractivity (Wildman–Crippen MR) is 117 cm³/mol. The molecule has 5 nitrogen and oxygen atoms in total. The number of aromatic nitrogens is 1. The van der Waals surface area contributed by atoms with E-state index in [1.54, 1.807) is 25.4 Å². The summed E-state index contributed by atoms with van der Waals surface area (Å²) in [5, 5.41) is 6.30. The second-order valence-corrected chi connectivity index (χ2v) is 7.62. The molecule has 0 amide bonds. The fraction of sp³-hybridized carbons (Fsp3) is 0.444. The fourth-order valence-electron chi connectivity index (χ4n) is 2.17. The van der Waals surface area contributed by atoms with E-state index >= 15 is 0 Å². The zero-order chi connectivity index (χ0) is 18.4. The van der Waals surface area contributed by atoms with Gasteiger partial charge in [-0.3, -0.25) is 4.99 Å². The van der Waals surface area contributed by atoms with Gasteiger partial charge >= 0.3 is 0 Å². The average Bonchev–Trinajstić information content (AvgIpc) is 3.03. The third-order valence-electron chi connectivity index (χ3n) is 3.62. The first-order valence-corrected chi connectivity index (χ1v) is 8.92. The molecule has 0 bridgehead atoms. The number of rotatable bonds is 5. The van der Waals surface area contributed by atoms with E-state index in [4.69, 9.17) is 4.42 Å². The van der Waals surface area contributed by atoms with Crippen LogP contribution >= 0.6 is 39.9 Å². The number of aliphatic imine (C=N–C) groups is 1. The Labute approximate surface area is 179 Å². The molecular formula is C18H25BrFIN4O. The van der Waals surface area contributed by atoms with E-state index in [2.05, 4.69) is 57.3 Å². The number of benzene rings is 1. The van der Waals surface area contributed by atoms with Crippen LogP contribution < -0.4 is 10.6 Å². The van der Waals surface area contributed by atoms with Crippen molar-refractivity contribution in [2.45, 2.75) is 39.2 Å². The van der Waals surface area contributed by atoms with Crippen LogP contribution in [0.4, 0.5) is 4.39 Å². The van der Waals surface area contributed by atoms with Crippen molar-refractivity contribution in [3.63, 3.8) is 0 Å². The molecule has 8 heteroatoms. The smallest absolute Gasteiger partial charge is 0.213 e. The van der Waals surface area contributed by atoms with Crippen LogP contribution in [-0.2, 0) is 18.4 Å². The summed E-state index contributed by atoms with van der Waals surface area (Å²) in [6.07, 6.45) is 2.31. The van der Waals surface area contributed by atoms with E-state index < -0.39 is 0 Å². The highest BCUT2D eigenvalue weighted by Crippen LogP contribution is 2.22. The molecule has 26 heavy (non-hydrogen) atoms. The van der Waals surface area contributed by atoms with Crippen molar-refractivity contribution in [1.29, 1.82) is 0 Å². The molecule has 144 valence electrons. The number of nitrogens with zero attached hydrogens (tertiary/aromatic N) is 2. The van der Waals surface area contributed by atoms with Crippen LogP contribution in [0.1, 0.15) is 38.0 Å². The van der Waals surface area contributed by atoms with Crippen LogP contribution in [0, 0.1) is 5.82 Å². The van der Waals surface area contributed by atoms with Gasteiger partial charge in [-0.05, 0) is 30.2 Å². The van der Waals surface area contributed by atoms with Crippen molar-refractivity contribution in [2.75, 3.05) is 13.6 Å². The third kappa shape index (κ3) is 6.86. The second kappa shape index (κ2) is 10.2. The highest BCUT2D eigenvalue weighted by Gasteiger charge is 2.19. The lowest BCUT2D eigenvalue weighted by molar-refractivity contribution is 0.379. The number of hydrogen-bond acceptors (Lipinski definition) is 3. The maximum absolute atomic E-state index is 13.7. The molecule has 2 aromatic rings. The van der Waals surface area contributed by atoms with Gasteiger partial charge in [0.05, 0.1) is 12.7 Å². The van der Waals surface area contributed by atoms with E-state index in [1.807, 2.05) is 0 Å². The molecule has 0 atom stereocenters. The molecule has 1 aromatic carbocycles. The van der Waals surface area contributed by atoms with Crippen molar-refractivity contribution in [3.8, 4) is 0 Å². The van der Waals surface area contributed by atoms with Crippen molar-refractivity contribution in [3.05, 3.63) is 51.9 Å².